The van der Waals surface area contributed by atoms with Gasteiger partial charge >= 0.3 is 12.1 Å². The fraction of sp³-hybridized carbons (Fsp3) is 0.463. The number of amides is 6. The van der Waals surface area contributed by atoms with E-state index < -0.39 is 11.9 Å². The number of piperazine rings is 1. The van der Waals surface area contributed by atoms with Gasteiger partial charge in [0.15, 0.2) is 0 Å². The summed E-state index contributed by atoms with van der Waals surface area (Å²) < 4.78 is 5.50. The van der Waals surface area contributed by atoms with Gasteiger partial charge in [0.25, 0.3) is 0 Å². The number of benzene rings is 3. The number of unbranched alkanes of at least 4 members (excludes halogenated alkanes) is 4. The molecule has 3 N–H and O–H groups in total. The Morgan fingerprint density at radius 1 is 0.774 bits per heavy atom. The van der Waals surface area contributed by atoms with Crippen LogP contribution in [0.3, 0.4) is 0 Å². The largest absolute Gasteiger partial charge is 0.496 e. The van der Waals surface area contributed by atoms with E-state index in [2.05, 4.69) is 19.2 Å². The number of methoxy groups -OCH3 is 1. The van der Waals surface area contributed by atoms with E-state index in [1.54, 1.807) is 21.8 Å². The molecule has 0 radical (unpaired) electrons. The maximum Gasteiger partial charge on any atom is 0.329 e. The lowest BCUT2D eigenvalue weighted by Crippen LogP contribution is -2.64. The monoisotopic (exact) mass is 727 g/mol. The van der Waals surface area contributed by atoms with Crippen molar-refractivity contribution in [2.45, 2.75) is 65.0 Å². The Morgan fingerprint density at radius 3 is 1.92 bits per heavy atom. The van der Waals surface area contributed by atoms with Crippen LogP contribution in [0.4, 0.5) is 21.0 Å². The molecule has 0 unspecified atom stereocenters. The summed E-state index contributed by atoms with van der Waals surface area (Å²) in [5, 5.41) is 3.02. The molecular weight excluding hydrogens is 670 g/mol. The highest BCUT2D eigenvalue weighted by Crippen LogP contribution is 2.28. The highest BCUT2D eigenvalue weighted by Gasteiger charge is 2.40. The summed E-state index contributed by atoms with van der Waals surface area (Å²) in [6.07, 6.45) is 5.99. The average Bonchev–Trinajstić information content (AvgIpc) is 3.17. The molecule has 3 aromatic carbocycles. The van der Waals surface area contributed by atoms with Gasteiger partial charge in [0, 0.05) is 51.4 Å². The summed E-state index contributed by atoms with van der Waals surface area (Å²) in [6, 6.07) is 24.8. The highest BCUT2D eigenvalue weighted by molar-refractivity contribution is 6.01. The third-order valence-electron chi connectivity index (χ3n) is 9.45. The molecule has 1 aliphatic heterocycles. The number of urea groups is 2. The summed E-state index contributed by atoms with van der Waals surface area (Å²) in [5.41, 5.74) is 7.81. The van der Waals surface area contributed by atoms with Crippen molar-refractivity contribution in [1.82, 2.24) is 24.9 Å². The zero-order valence-electron chi connectivity index (χ0n) is 31.6. The van der Waals surface area contributed by atoms with Crippen LogP contribution in [0.15, 0.2) is 84.9 Å². The molecule has 1 heterocycles. The number of nitrogens with one attached hydrogen (secondary N) is 1. The van der Waals surface area contributed by atoms with Gasteiger partial charge in [0.2, 0.25) is 11.8 Å². The number of ether oxygens (including phenoxy) is 1. The van der Waals surface area contributed by atoms with E-state index in [4.69, 9.17) is 10.5 Å². The first kappa shape index (κ1) is 40.7. The predicted molar refractivity (Wildman–Crippen MR) is 209 cm³/mol. The number of rotatable bonds is 19. The Balaban J connectivity index is 1.58. The van der Waals surface area contributed by atoms with E-state index in [1.807, 2.05) is 94.7 Å². The first-order valence-corrected chi connectivity index (χ1v) is 18.9. The van der Waals surface area contributed by atoms with Crippen LogP contribution in [-0.2, 0) is 16.1 Å². The van der Waals surface area contributed by atoms with Gasteiger partial charge in [-0.2, -0.15) is 0 Å². The Labute approximate surface area is 314 Å². The Bertz CT molecular complexity index is 1540. The van der Waals surface area contributed by atoms with Gasteiger partial charge < -0.3 is 30.5 Å². The molecule has 1 fully saturated rings. The molecular formula is C41H57N7O5. The normalized spacial score (nSPS) is 14.2. The first-order valence-electron chi connectivity index (χ1n) is 18.9. The van der Waals surface area contributed by atoms with Crippen LogP contribution in [-0.4, -0.2) is 109 Å². The minimum atomic E-state index is -0.956. The summed E-state index contributed by atoms with van der Waals surface area (Å²) in [5.74, 6) is -0.183. The van der Waals surface area contributed by atoms with Crippen molar-refractivity contribution in [2.24, 2.45) is 5.73 Å². The van der Waals surface area contributed by atoms with Gasteiger partial charge in [-0.3, -0.25) is 19.4 Å². The maximum atomic E-state index is 14.6. The number of hydrogen-bond donors (Lipinski definition) is 2. The first-order chi connectivity index (χ1) is 25.8. The standard InChI is InChI=1S/C41H57N7O5/c1-4-6-16-25-45(26-17-7-5-2)40(51)46-28-29-47(41(52)48(34-19-10-8-11-20-34)35-21-12-9-13-22-35)36(31-46)39(50)43-24-27-44(32-38(42)49)30-33-18-14-15-23-37(33)53-3/h8-15,18-23,36H,4-7,16-17,24-32H2,1-3H3,(H2,42,49)(H,43,50)/t36-/m0/s1. The molecule has 1 aliphatic rings. The van der Waals surface area contributed by atoms with E-state index in [1.165, 1.54) is 0 Å². The van der Waals surface area contributed by atoms with Crippen LogP contribution in [0.2, 0.25) is 0 Å². The molecule has 286 valence electrons. The SMILES string of the molecule is CCCCCN(CCCCC)C(=O)N1CCN(C(=O)N(c2ccccc2)c2ccccc2)[C@H](C(=O)NCCN(CC(N)=O)Cc2ccccc2OC)C1. The molecule has 6 amide bonds. The molecule has 1 atom stereocenters. The topological polar surface area (TPSA) is 132 Å². The van der Waals surface area contributed by atoms with Crippen molar-refractivity contribution in [1.29, 1.82) is 0 Å². The number of anilines is 2. The Kier molecular flexibility index (Phi) is 16.4. The molecule has 0 spiro atoms. The van der Waals surface area contributed by atoms with E-state index >= 15 is 0 Å². The molecule has 4 rings (SSSR count). The minimum absolute atomic E-state index is 0.0146. The summed E-state index contributed by atoms with van der Waals surface area (Å²) in [7, 11) is 1.59. The third kappa shape index (κ3) is 12.0. The Hall–Kier alpha value is -5.10. The maximum absolute atomic E-state index is 14.6. The van der Waals surface area contributed by atoms with Gasteiger partial charge in [0.05, 0.1) is 31.6 Å². The number of carbonyl (C=O) groups is 4. The summed E-state index contributed by atoms with van der Waals surface area (Å²) >= 11 is 0. The van der Waals surface area contributed by atoms with Crippen molar-refractivity contribution in [2.75, 3.05) is 64.4 Å². The van der Waals surface area contributed by atoms with Gasteiger partial charge in [-0.15, -0.1) is 0 Å². The minimum Gasteiger partial charge on any atom is -0.496 e. The summed E-state index contributed by atoms with van der Waals surface area (Å²) in [4.78, 5) is 63.6. The van der Waals surface area contributed by atoms with Crippen molar-refractivity contribution >= 4 is 35.3 Å². The third-order valence-corrected chi connectivity index (χ3v) is 9.45. The highest BCUT2D eigenvalue weighted by atomic mass is 16.5. The smallest absolute Gasteiger partial charge is 0.329 e. The summed E-state index contributed by atoms with van der Waals surface area (Å²) in [6.45, 7) is 7.01. The number of nitrogens with two attached hydrogens (primary N) is 1. The van der Waals surface area contributed by atoms with Crippen LogP contribution < -0.4 is 20.7 Å². The van der Waals surface area contributed by atoms with Crippen LogP contribution in [0.5, 0.6) is 5.75 Å². The molecule has 1 saturated heterocycles. The number of nitrogens with zero attached hydrogens (tertiary/aromatic N) is 5. The van der Waals surface area contributed by atoms with Gasteiger partial charge in [-0.25, -0.2) is 9.59 Å². The van der Waals surface area contributed by atoms with Crippen LogP contribution >= 0.6 is 0 Å². The zero-order valence-corrected chi connectivity index (χ0v) is 31.6. The van der Waals surface area contributed by atoms with Gasteiger partial charge in [0.1, 0.15) is 11.8 Å². The molecule has 0 saturated carbocycles. The van der Waals surface area contributed by atoms with E-state index in [-0.39, 0.29) is 44.1 Å². The molecule has 0 bridgehead atoms. The number of hydrogen-bond acceptors (Lipinski definition) is 6. The van der Waals surface area contributed by atoms with E-state index in [0.717, 1.165) is 44.1 Å². The fourth-order valence-electron chi connectivity index (χ4n) is 6.63. The molecule has 12 heteroatoms. The molecule has 0 aromatic heterocycles. The second-order valence-electron chi connectivity index (χ2n) is 13.4. The van der Waals surface area contributed by atoms with Crippen LogP contribution in [0.1, 0.15) is 57.9 Å². The van der Waals surface area contributed by atoms with Crippen molar-refractivity contribution in [3.8, 4) is 5.75 Å². The van der Waals surface area contributed by atoms with Crippen molar-refractivity contribution in [3.63, 3.8) is 0 Å². The quantitative estimate of drug-likeness (QED) is 0.149. The van der Waals surface area contributed by atoms with Gasteiger partial charge in [-0.05, 0) is 43.2 Å². The van der Waals surface area contributed by atoms with Crippen LogP contribution in [0.25, 0.3) is 0 Å². The predicted octanol–water partition coefficient (Wildman–Crippen LogP) is 5.85. The van der Waals surface area contributed by atoms with Crippen molar-refractivity contribution in [3.05, 3.63) is 90.5 Å². The lowest BCUT2D eigenvalue weighted by atomic mass is 10.1. The van der Waals surface area contributed by atoms with E-state index in [0.29, 0.717) is 49.8 Å². The average molecular weight is 728 g/mol. The molecule has 12 nitrogen and oxygen atoms in total. The lowest BCUT2D eigenvalue weighted by molar-refractivity contribution is -0.127. The van der Waals surface area contributed by atoms with Crippen LogP contribution in [0, 0.1) is 0 Å². The van der Waals surface area contributed by atoms with Gasteiger partial charge in [-0.1, -0.05) is 94.1 Å². The second kappa shape index (κ2) is 21.4. The number of carbonyl (C=O) groups excluding carboxylic acids is 4. The van der Waals surface area contributed by atoms with E-state index in [9.17, 15) is 19.2 Å². The molecule has 0 aliphatic carbocycles. The Morgan fingerprint density at radius 2 is 1.36 bits per heavy atom. The lowest BCUT2D eigenvalue weighted by Gasteiger charge is -2.43. The molecule has 53 heavy (non-hydrogen) atoms. The molecule has 3 aromatic rings. The zero-order chi connectivity index (χ0) is 38.0. The van der Waals surface area contributed by atoms with Crippen molar-refractivity contribution < 1.29 is 23.9 Å². The second-order valence-corrected chi connectivity index (χ2v) is 13.4. The fourth-order valence-corrected chi connectivity index (χ4v) is 6.63. The number of para-hydroxylation sites is 3. The number of primary amides is 1.